The average molecular weight is 517 g/mol. The van der Waals surface area contributed by atoms with Gasteiger partial charge in [-0.1, -0.05) is 36.4 Å². The minimum atomic E-state index is -1.32. The van der Waals surface area contributed by atoms with Gasteiger partial charge in [-0.3, -0.25) is 0 Å². The molecule has 1 aliphatic heterocycles. The second-order valence-corrected chi connectivity index (χ2v) is 9.10. The maximum absolute atomic E-state index is 14.9. The molecule has 0 bridgehead atoms. The number of ether oxygens (including phenoxy) is 2. The Hall–Kier alpha value is -3.19. The predicted molar refractivity (Wildman–Crippen MR) is 133 cm³/mol. The van der Waals surface area contributed by atoms with Crippen molar-refractivity contribution in [3.63, 3.8) is 0 Å². The van der Waals surface area contributed by atoms with Gasteiger partial charge in [0.25, 0.3) is 0 Å². The molecule has 196 valence electrons. The van der Waals surface area contributed by atoms with Crippen LogP contribution in [0.1, 0.15) is 49.3 Å². The molecule has 37 heavy (non-hydrogen) atoms. The van der Waals surface area contributed by atoms with Crippen molar-refractivity contribution in [2.24, 2.45) is 0 Å². The Bertz CT molecular complexity index is 1280. The van der Waals surface area contributed by atoms with E-state index in [1.165, 1.54) is 24.3 Å². The van der Waals surface area contributed by atoms with Crippen molar-refractivity contribution in [3.8, 4) is 16.9 Å². The van der Waals surface area contributed by atoms with E-state index in [1.807, 2.05) is 25.1 Å². The van der Waals surface area contributed by atoms with Gasteiger partial charge in [0.1, 0.15) is 5.82 Å². The predicted octanol–water partition coefficient (Wildman–Crippen LogP) is 8.07. The van der Waals surface area contributed by atoms with Crippen LogP contribution in [0, 0.1) is 29.1 Å². The van der Waals surface area contributed by atoms with Gasteiger partial charge in [0.15, 0.2) is 23.2 Å². The Kier molecular flexibility index (Phi) is 8.64. The Morgan fingerprint density at radius 2 is 1.51 bits per heavy atom. The first-order valence-corrected chi connectivity index (χ1v) is 12.4. The van der Waals surface area contributed by atoms with Crippen LogP contribution in [0.3, 0.4) is 0 Å². The van der Waals surface area contributed by atoms with Gasteiger partial charge < -0.3 is 9.47 Å². The number of rotatable bonds is 8. The lowest BCUT2D eigenvalue weighted by Crippen LogP contribution is -2.23. The largest absolute Gasteiger partial charge is 0.491 e. The smallest absolute Gasteiger partial charge is 0.201 e. The highest BCUT2D eigenvalue weighted by molar-refractivity contribution is 5.66. The molecule has 2 atom stereocenters. The zero-order chi connectivity index (χ0) is 26.5. The Balaban J connectivity index is 1.46. The SMILES string of the molecule is C/C=C/C1CCC(c2ccc(CCc3ccc(-c4ccc(OCC)c(F)c4F)c(F)c3F)c(F)c2)CO1. The van der Waals surface area contributed by atoms with Gasteiger partial charge in [0, 0.05) is 17.0 Å². The molecule has 1 saturated heterocycles. The molecule has 1 fully saturated rings. The van der Waals surface area contributed by atoms with E-state index in [4.69, 9.17) is 9.47 Å². The molecular weight excluding hydrogens is 487 g/mol. The summed E-state index contributed by atoms with van der Waals surface area (Å²) in [6.45, 7) is 4.21. The van der Waals surface area contributed by atoms with Crippen molar-refractivity contribution in [2.75, 3.05) is 13.2 Å². The van der Waals surface area contributed by atoms with Crippen molar-refractivity contribution in [2.45, 2.75) is 51.6 Å². The number of hydrogen-bond acceptors (Lipinski definition) is 2. The van der Waals surface area contributed by atoms with Gasteiger partial charge in [0.05, 0.1) is 19.3 Å². The van der Waals surface area contributed by atoms with Crippen LogP contribution in [0.2, 0.25) is 0 Å². The Labute approximate surface area is 213 Å². The van der Waals surface area contributed by atoms with Gasteiger partial charge in [-0.15, -0.1) is 0 Å². The molecule has 2 nitrogen and oxygen atoms in total. The quantitative estimate of drug-likeness (QED) is 0.223. The van der Waals surface area contributed by atoms with E-state index in [0.717, 1.165) is 24.5 Å². The van der Waals surface area contributed by atoms with E-state index < -0.39 is 40.2 Å². The minimum absolute atomic E-state index is 0.0206. The van der Waals surface area contributed by atoms with Gasteiger partial charge in [0.2, 0.25) is 5.82 Å². The van der Waals surface area contributed by atoms with Crippen LogP contribution in [0.25, 0.3) is 11.1 Å². The average Bonchev–Trinajstić information content (AvgIpc) is 2.90. The summed E-state index contributed by atoms with van der Waals surface area (Å²) in [5, 5.41) is 0. The van der Waals surface area contributed by atoms with Crippen LogP contribution in [0.15, 0.2) is 54.6 Å². The fourth-order valence-electron chi connectivity index (χ4n) is 4.69. The van der Waals surface area contributed by atoms with E-state index >= 15 is 0 Å². The third-order valence-corrected chi connectivity index (χ3v) is 6.73. The molecule has 3 aromatic rings. The Morgan fingerprint density at radius 3 is 2.16 bits per heavy atom. The maximum atomic E-state index is 14.9. The highest BCUT2D eigenvalue weighted by Gasteiger charge is 2.23. The second kappa shape index (κ2) is 11.9. The fourth-order valence-corrected chi connectivity index (χ4v) is 4.69. The first-order valence-electron chi connectivity index (χ1n) is 12.4. The normalized spacial score (nSPS) is 17.9. The van der Waals surface area contributed by atoms with Crippen molar-refractivity contribution < 1.29 is 31.4 Å². The molecular formula is C30H29F5O2. The molecule has 0 aromatic heterocycles. The van der Waals surface area contributed by atoms with Gasteiger partial charge >= 0.3 is 0 Å². The van der Waals surface area contributed by atoms with Crippen LogP contribution in [0.4, 0.5) is 22.0 Å². The fraction of sp³-hybridized carbons (Fsp3) is 0.333. The van der Waals surface area contributed by atoms with Gasteiger partial charge in [-0.05, 0) is 74.4 Å². The molecule has 0 radical (unpaired) electrons. The van der Waals surface area contributed by atoms with E-state index in [9.17, 15) is 22.0 Å². The first-order chi connectivity index (χ1) is 17.8. The summed E-state index contributed by atoms with van der Waals surface area (Å²) in [5.41, 5.74) is 0.450. The lowest BCUT2D eigenvalue weighted by Gasteiger charge is -2.27. The zero-order valence-corrected chi connectivity index (χ0v) is 20.8. The van der Waals surface area contributed by atoms with Gasteiger partial charge in [-0.25, -0.2) is 17.6 Å². The summed E-state index contributed by atoms with van der Waals surface area (Å²) in [6.07, 6.45) is 6.02. The summed E-state index contributed by atoms with van der Waals surface area (Å²) in [5.74, 6) is -5.64. The number of hydrogen-bond donors (Lipinski definition) is 0. The summed E-state index contributed by atoms with van der Waals surface area (Å²) in [4.78, 5) is 0. The number of benzene rings is 3. The zero-order valence-electron chi connectivity index (χ0n) is 20.8. The monoisotopic (exact) mass is 516 g/mol. The molecule has 1 aliphatic rings. The van der Waals surface area contributed by atoms with Crippen LogP contribution in [0.5, 0.6) is 5.75 Å². The molecule has 0 N–H and O–H groups in total. The van der Waals surface area contributed by atoms with E-state index in [-0.39, 0.29) is 42.8 Å². The van der Waals surface area contributed by atoms with Crippen molar-refractivity contribution >= 4 is 0 Å². The summed E-state index contributed by atoms with van der Waals surface area (Å²) < 4.78 is 84.1. The van der Waals surface area contributed by atoms with Crippen LogP contribution in [-0.2, 0) is 17.6 Å². The summed E-state index contributed by atoms with van der Waals surface area (Å²) >= 11 is 0. The molecule has 7 heteroatoms. The molecule has 0 aliphatic carbocycles. The standard InChI is InChI=1S/C30H29F5O2/c1-3-5-22-12-10-21(17-37-22)20-9-7-18(25(31)16-20)6-8-19-11-13-23(28(33)27(19)32)24-14-15-26(36-4-2)30(35)29(24)34/h3,5,7,9,11,13-16,21-22H,4,6,8,10,12,17H2,1-2H3/b5-3+. The third-order valence-electron chi connectivity index (χ3n) is 6.73. The summed E-state index contributed by atoms with van der Waals surface area (Å²) in [7, 11) is 0. The summed E-state index contributed by atoms with van der Waals surface area (Å²) in [6, 6.07) is 9.85. The van der Waals surface area contributed by atoms with Crippen molar-refractivity contribution in [1.29, 1.82) is 0 Å². The maximum Gasteiger partial charge on any atom is 0.201 e. The molecule has 0 saturated carbocycles. The van der Waals surface area contributed by atoms with E-state index in [0.29, 0.717) is 12.2 Å². The number of halogens is 5. The number of allylic oxidation sites excluding steroid dienone is 1. The lowest BCUT2D eigenvalue weighted by atomic mass is 9.90. The van der Waals surface area contributed by atoms with E-state index in [1.54, 1.807) is 13.0 Å². The van der Waals surface area contributed by atoms with Crippen LogP contribution < -0.4 is 4.74 Å². The molecule has 0 amide bonds. The van der Waals surface area contributed by atoms with Crippen molar-refractivity contribution in [1.82, 2.24) is 0 Å². The highest BCUT2D eigenvalue weighted by Crippen LogP contribution is 2.34. The van der Waals surface area contributed by atoms with Gasteiger partial charge in [-0.2, -0.15) is 4.39 Å². The third kappa shape index (κ3) is 5.87. The lowest BCUT2D eigenvalue weighted by molar-refractivity contribution is 0.0326. The van der Waals surface area contributed by atoms with E-state index in [2.05, 4.69) is 0 Å². The van der Waals surface area contributed by atoms with Crippen LogP contribution >= 0.6 is 0 Å². The topological polar surface area (TPSA) is 18.5 Å². The highest BCUT2D eigenvalue weighted by atomic mass is 19.2. The van der Waals surface area contributed by atoms with Crippen molar-refractivity contribution in [3.05, 3.63) is 100 Å². The number of aryl methyl sites for hydroxylation is 2. The molecule has 4 rings (SSSR count). The molecule has 0 spiro atoms. The molecule has 1 heterocycles. The van der Waals surface area contributed by atoms with Crippen LogP contribution in [-0.4, -0.2) is 19.3 Å². The minimum Gasteiger partial charge on any atom is -0.491 e. The molecule has 2 unspecified atom stereocenters. The second-order valence-electron chi connectivity index (χ2n) is 9.10. The molecule has 3 aromatic carbocycles. The Morgan fingerprint density at radius 1 is 0.838 bits per heavy atom. The first kappa shape index (κ1) is 26.9.